The van der Waals surface area contributed by atoms with Gasteiger partial charge in [0.15, 0.2) is 0 Å². The van der Waals surface area contributed by atoms with E-state index in [1.807, 2.05) is 97.1 Å². The first-order valence-electron chi connectivity index (χ1n) is 9.06. The third-order valence-corrected chi connectivity index (χ3v) is 6.00. The van der Waals surface area contributed by atoms with Gasteiger partial charge in [-0.15, -0.1) is 11.3 Å². The van der Waals surface area contributed by atoms with Crippen LogP contribution in [0.2, 0.25) is 5.02 Å². The van der Waals surface area contributed by atoms with E-state index in [0.29, 0.717) is 15.6 Å². The second-order valence-corrected chi connectivity index (χ2v) is 7.72. The molecule has 1 heterocycles. The number of amides is 1. The minimum absolute atomic E-state index is 0.322. The molecule has 3 nitrogen and oxygen atoms in total. The molecule has 0 radical (unpaired) electrons. The van der Waals surface area contributed by atoms with Crippen LogP contribution in [0.25, 0.3) is 16.2 Å². The molecule has 0 aliphatic heterocycles. The fraction of sp³-hybridized carbons (Fsp3) is 0. The molecule has 1 amide bonds. The van der Waals surface area contributed by atoms with Gasteiger partial charge in [-0.2, -0.15) is 5.10 Å². The molecule has 4 rings (SSSR count). The van der Waals surface area contributed by atoms with E-state index in [0.717, 1.165) is 21.2 Å². The highest BCUT2D eigenvalue weighted by Gasteiger charge is 2.16. The lowest BCUT2D eigenvalue weighted by atomic mass is 10.1. The Balaban J connectivity index is 1.62. The largest absolute Gasteiger partial charge is 0.283 e. The Bertz CT molecular complexity index is 1200. The molecule has 4 aromatic rings. The lowest BCUT2D eigenvalue weighted by molar-refractivity contribution is 0.0959. The summed E-state index contributed by atoms with van der Waals surface area (Å²) < 4.78 is 0.971. The van der Waals surface area contributed by atoms with Crippen LogP contribution in [-0.2, 0) is 0 Å². The number of nitrogens with one attached hydrogen (secondary N) is 1. The number of fused-ring (bicyclic) bond motifs is 1. The van der Waals surface area contributed by atoms with Crippen molar-refractivity contribution in [2.75, 3.05) is 0 Å². The Kier molecular flexibility index (Phi) is 5.84. The predicted molar refractivity (Wildman–Crippen MR) is 123 cm³/mol. The number of thiophene rings is 1. The number of benzene rings is 3. The Labute approximate surface area is 178 Å². The first kappa shape index (κ1) is 19.1. The smallest absolute Gasteiger partial charge is 0.266 e. The summed E-state index contributed by atoms with van der Waals surface area (Å²) in [6, 6.07) is 27.3. The van der Waals surface area contributed by atoms with Crippen LogP contribution in [0, 0.1) is 0 Å². The van der Waals surface area contributed by atoms with Gasteiger partial charge in [0.25, 0.3) is 5.91 Å². The number of carbonyl (C=O) groups excluding carboxylic acids is 1. The molecule has 0 bridgehead atoms. The molecule has 1 aromatic heterocycles. The van der Waals surface area contributed by atoms with Crippen molar-refractivity contribution in [2.24, 2.45) is 5.10 Å². The molecule has 0 fully saturated rings. The quantitative estimate of drug-likeness (QED) is 0.296. The summed E-state index contributed by atoms with van der Waals surface area (Å²) >= 11 is 7.77. The van der Waals surface area contributed by atoms with E-state index in [-0.39, 0.29) is 5.91 Å². The number of hydrazone groups is 1. The maximum atomic E-state index is 12.7. The molecule has 142 valence electrons. The first-order valence-corrected chi connectivity index (χ1v) is 10.3. The highest BCUT2D eigenvalue weighted by molar-refractivity contribution is 7.21. The standard InChI is InChI=1S/C24H17ClN2OS/c25-22-19-13-7-8-14-21(19)29-23(22)24(28)27-26-20(18-11-5-2-6-12-18)16-15-17-9-3-1-4-10-17/h1-16H,(H,27,28)/b16-15-,26-20-. The number of nitrogens with zero attached hydrogens (tertiary/aromatic N) is 1. The van der Waals surface area contributed by atoms with Crippen molar-refractivity contribution >= 4 is 50.7 Å². The van der Waals surface area contributed by atoms with Crippen molar-refractivity contribution in [2.45, 2.75) is 0 Å². The molecular formula is C24H17ClN2OS. The summed E-state index contributed by atoms with van der Waals surface area (Å²) in [7, 11) is 0. The SMILES string of the molecule is O=C(N/N=C(/C=C\c1ccccc1)c1ccccc1)c1sc2ccccc2c1Cl. The lowest BCUT2D eigenvalue weighted by Crippen LogP contribution is -2.18. The van der Waals surface area contributed by atoms with Gasteiger partial charge in [-0.3, -0.25) is 4.79 Å². The topological polar surface area (TPSA) is 41.5 Å². The van der Waals surface area contributed by atoms with Crippen LogP contribution in [0.1, 0.15) is 20.8 Å². The van der Waals surface area contributed by atoms with Gasteiger partial charge in [0.05, 0.1) is 10.7 Å². The van der Waals surface area contributed by atoms with E-state index in [9.17, 15) is 4.79 Å². The summed E-state index contributed by atoms with van der Waals surface area (Å²) in [4.78, 5) is 13.2. The van der Waals surface area contributed by atoms with Gasteiger partial charge < -0.3 is 0 Å². The van der Waals surface area contributed by atoms with E-state index >= 15 is 0 Å². The van der Waals surface area contributed by atoms with Crippen molar-refractivity contribution in [3.63, 3.8) is 0 Å². The summed E-state index contributed by atoms with van der Waals surface area (Å²) in [5, 5.41) is 5.71. The van der Waals surface area contributed by atoms with E-state index in [2.05, 4.69) is 10.5 Å². The summed E-state index contributed by atoms with van der Waals surface area (Å²) in [6.07, 6.45) is 3.85. The molecule has 0 spiro atoms. The van der Waals surface area contributed by atoms with Crippen LogP contribution in [-0.4, -0.2) is 11.6 Å². The molecule has 0 aliphatic rings. The molecule has 0 saturated heterocycles. The molecular weight excluding hydrogens is 400 g/mol. The second kappa shape index (κ2) is 8.86. The predicted octanol–water partition coefficient (Wildman–Crippen LogP) is 6.40. The second-order valence-electron chi connectivity index (χ2n) is 6.29. The molecule has 0 unspecified atom stereocenters. The zero-order chi connectivity index (χ0) is 20.1. The summed E-state index contributed by atoms with van der Waals surface area (Å²) in [5.41, 5.74) is 5.27. The maximum absolute atomic E-state index is 12.7. The molecule has 0 atom stereocenters. The van der Waals surface area contributed by atoms with Crippen molar-refractivity contribution in [3.05, 3.63) is 112 Å². The molecule has 5 heteroatoms. The fourth-order valence-corrected chi connectivity index (χ4v) is 4.27. The Morgan fingerprint density at radius 2 is 1.55 bits per heavy atom. The van der Waals surface area contributed by atoms with E-state index in [1.54, 1.807) is 0 Å². The fourth-order valence-electron chi connectivity index (χ4n) is 2.87. The molecule has 1 N–H and O–H groups in total. The zero-order valence-electron chi connectivity index (χ0n) is 15.4. The van der Waals surface area contributed by atoms with Crippen LogP contribution in [0.5, 0.6) is 0 Å². The minimum Gasteiger partial charge on any atom is -0.266 e. The third-order valence-electron chi connectivity index (χ3n) is 4.32. The van der Waals surface area contributed by atoms with Gasteiger partial charge in [-0.05, 0) is 17.7 Å². The van der Waals surface area contributed by atoms with E-state index in [4.69, 9.17) is 11.6 Å². The molecule has 0 saturated carbocycles. The maximum Gasteiger partial charge on any atom is 0.283 e. The number of carbonyl (C=O) groups is 1. The zero-order valence-corrected chi connectivity index (χ0v) is 17.0. The van der Waals surface area contributed by atoms with Crippen molar-refractivity contribution in [3.8, 4) is 0 Å². The van der Waals surface area contributed by atoms with Crippen molar-refractivity contribution in [1.82, 2.24) is 5.43 Å². The number of hydrogen-bond donors (Lipinski definition) is 1. The van der Waals surface area contributed by atoms with Crippen LogP contribution < -0.4 is 5.43 Å². The van der Waals surface area contributed by atoms with Crippen LogP contribution in [0.3, 0.4) is 0 Å². The third kappa shape index (κ3) is 4.45. The summed E-state index contributed by atoms with van der Waals surface area (Å²) in [5.74, 6) is -0.322. The van der Waals surface area contributed by atoms with E-state index < -0.39 is 0 Å². The van der Waals surface area contributed by atoms with Gasteiger partial charge in [-0.1, -0.05) is 96.5 Å². The average Bonchev–Trinajstić information content (AvgIpc) is 3.12. The lowest BCUT2D eigenvalue weighted by Gasteiger charge is -2.04. The summed E-state index contributed by atoms with van der Waals surface area (Å²) in [6.45, 7) is 0. The number of rotatable bonds is 5. The van der Waals surface area contributed by atoms with Gasteiger partial charge in [-0.25, -0.2) is 5.43 Å². The van der Waals surface area contributed by atoms with Crippen LogP contribution >= 0.6 is 22.9 Å². The van der Waals surface area contributed by atoms with E-state index in [1.165, 1.54) is 11.3 Å². The normalized spacial score (nSPS) is 11.8. The van der Waals surface area contributed by atoms with Crippen LogP contribution in [0.4, 0.5) is 0 Å². The Hall–Kier alpha value is -3.21. The van der Waals surface area contributed by atoms with Gasteiger partial charge in [0.1, 0.15) is 4.88 Å². The molecule has 29 heavy (non-hydrogen) atoms. The first-order chi connectivity index (χ1) is 14.2. The van der Waals surface area contributed by atoms with Crippen LogP contribution in [0.15, 0.2) is 96.1 Å². The average molecular weight is 417 g/mol. The van der Waals surface area contributed by atoms with Crippen molar-refractivity contribution < 1.29 is 4.79 Å². The highest BCUT2D eigenvalue weighted by atomic mass is 35.5. The van der Waals surface area contributed by atoms with Crippen molar-refractivity contribution in [1.29, 1.82) is 0 Å². The molecule has 0 aliphatic carbocycles. The van der Waals surface area contributed by atoms with Gasteiger partial charge in [0, 0.05) is 15.6 Å². The number of allylic oxidation sites excluding steroid dienone is 1. The highest BCUT2D eigenvalue weighted by Crippen LogP contribution is 2.34. The molecule has 3 aromatic carbocycles. The monoisotopic (exact) mass is 416 g/mol. The number of hydrogen-bond acceptors (Lipinski definition) is 3. The Morgan fingerprint density at radius 1 is 0.897 bits per heavy atom. The van der Waals surface area contributed by atoms with Gasteiger partial charge >= 0.3 is 0 Å². The minimum atomic E-state index is -0.322. The Morgan fingerprint density at radius 3 is 2.28 bits per heavy atom. The number of halogens is 1. The van der Waals surface area contributed by atoms with Gasteiger partial charge in [0.2, 0.25) is 0 Å².